The summed E-state index contributed by atoms with van der Waals surface area (Å²) in [5, 5.41) is 4.35. The van der Waals surface area contributed by atoms with E-state index in [2.05, 4.69) is 97.3 Å². The molecule has 0 amide bonds. The number of likely N-dealkylation sites (N-methyl/N-ethyl adjacent to an activating group) is 2. The standard InChI is InChI=1S/C25H33N5S/c1-17-16-25(2,3)29(6)21-11-10-18(15-19(17)21)23-22(20-9-7-8-12-26-20)27-24(31)30(23)14-13-28(4)5/h7-12,15-16,22-23H,13-14H2,1-6H3,(H,27,31). The second-order valence-electron chi connectivity index (χ2n) is 9.44. The van der Waals surface area contributed by atoms with Crippen LogP contribution in [0.25, 0.3) is 5.57 Å². The first kappa shape index (κ1) is 21.8. The summed E-state index contributed by atoms with van der Waals surface area (Å²) in [6.07, 6.45) is 4.22. The molecular weight excluding hydrogens is 402 g/mol. The number of hydrogen-bond donors (Lipinski definition) is 1. The third kappa shape index (κ3) is 4.06. The van der Waals surface area contributed by atoms with E-state index in [1.165, 1.54) is 22.4 Å². The molecule has 1 aromatic heterocycles. The largest absolute Gasteiger partial charge is 0.366 e. The molecule has 1 aromatic carbocycles. The van der Waals surface area contributed by atoms with Gasteiger partial charge < -0.3 is 20.0 Å². The number of hydrogen-bond acceptors (Lipinski definition) is 4. The van der Waals surface area contributed by atoms with E-state index in [4.69, 9.17) is 12.2 Å². The van der Waals surface area contributed by atoms with E-state index < -0.39 is 0 Å². The first-order valence-electron chi connectivity index (χ1n) is 10.9. The fraction of sp³-hybridized carbons (Fsp3) is 0.440. The fourth-order valence-electron chi connectivity index (χ4n) is 4.68. The van der Waals surface area contributed by atoms with Gasteiger partial charge in [0.1, 0.15) is 0 Å². The van der Waals surface area contributed by atoms with Crippen LogP contribution in [0.15, 0.2) is 48.7 Å². The molecule has 0 spiro atoms. The van der Waals surface area contributed by atoms with Crippen LogP contribution in [-0.2, 0) is 0 Å². The van der Waals surface area contributed by atoms with Crippen LogP contribution in [0, 0.1) is 0 Å². The Morgan fingerprint density at radius 2 is 1.97 bits per heavy atom. The number of rotatable bonds is 5. The van der Waals surface area contributed by atoms with Gasteiger partial charge in [0, 0.05) is 37.6 Å². The molecule has 2 atom stereocenters. The van der Waals surface area contributed by atoms with E-state index in [0.29, 0.717) is 0 Å². The summed E-state index contributed by atoms with van der Waals surface area (Å²) < 4.78 is 0. The quantitative estimate of drug-likeness (QED) is 0.708. The summed E-state index contributed by atoms with van der Waals surface area (Å²) in [7, 11) is 6.37. The van der Waals surface area contributed by atoms with Gasteiger partial charge in [-0.1, -0.05) is 18.2 Å². The molecule has 0 saturated carbocycles. The summed E-state index contributed by atoms with van der Waals surface area (Å²) in [6.45, 7) is 8.54. The Kier molecular flexibility index (Phi) is 5.79. The normalized spacial score (nSPS) is 22.4. The molecule has 1 N–H and O–H groups in total. The molecule has 2 unspecified atom stereocenters. The van der Waals surface area contributed by atoms with Crippen LogP contribution in [0.4, 0.5) is 5.69 Å². The highest BCUT2D eigenvalue weighted by molar-refractivity contribution is 7.80. The Morgan fingerprint density at radius 3 is 2.65 bits per heavy atom. The van der Waals surface area contributed by atoms with Gasteiger partial charge in [-0.25, -0.2) is 0 Å². The fourth-order valence-corrected chi connectivity index (χ4v) is 5.01. The molecule has 0 aliphatic carbocycles. The zero-order valence-corrected chi connectivity index (χ0v) is 20.2. The van der Waals surface area contributed by atoms with Crippen molar-refractivity contribution in [3.05, 3.63) is 65.5 Å². The molecular formula is C25H33N5S. The number of nitrogens with one attached hydrogen (secondary N) is 1. The number of pyridine rings is 1. The van der Waals surface area contributed by atoms with E-state index in [-0.39, 0.29) is 17.6 Å². The topological polar surface area (TPSA) is 34.6 Å². The van der Waals surface area contributed by atoms with Gasteiger partial charge in [-0.3, -0.25) is 4.98 Å². The number of benzene rings is 1. The van der Waals surface area contributed by atoms with Gasteiger partial charge in [0.15, 0.2) is 5.11 Å². The van der Waals surface area contributed by atoms with Crippen molar-refractivity contribution < 1.29 is 0 Å². The van der Waals surface area contributed by atoms with Crippen molar-refractivity contribution in [3.63, 3.8) is 0 Å². The van der Waals surface area contributed by atoms with Crippen molar-refractivity contribution in [2.24, 2.45) is 0 Å². The van der Waals surface area contributed by atoms with Crippen molar-refractivity contribution in [2.75, 3.05) is 39.1 Å². The minimum Gasteiger partial charge on any atom is -0.366 e. The van der Waals surface area contributed by atoms with Crippen LogP contribution >= 0.6 is 12.2 Å². The van der Waals surface area contributed by atoms with Gasteiger partial charge in [-0.15, -0.1) is 0 Å². The molecule has 1 saturated heterocycles. The van der Waals surface area contributed by atoms with Crippen LogP contribution in [0.1, 0.15) is 49.7 Å². The Balaban J connectivity index is 1.78. The zero-order chi connectivity index (χ0) is 22.3. The maximum Gasteiger partial charge on any atom is 0.170 e. The van der Waals surface area contributed by atoms with Crippen LogP contribution in [-0.4, -0.2) is 59.7 Å². The number of fused-ring (bicyclic) bond motifs is 1. The second kappa shape index (κ2) is 8.24. The summed E-state index contributed by atoms with van der Waals surface area (Å²) in [5.41, 5.74) is 6.18. The van der Waals surface area contributed by atoms with Crippen molar-refractivity contribution in [3.8, 4) is 0 Å². The van der Waals surface area contributed by atoms with Crippen molar-refractivity contribution in [1.82, 2.24) is 20.1 Å². The number of thiocarbonyl (C=S) groups is 1. The van der Waals surface area contributed by atoms with Crippen molar-refractivity contribution in [2.45, 2.75) is 38.4 Å². The molecule has 2 aromatic rings. The maximum absolute atomic E-state index is 5.79. The van der Waals surface area contributed by atoms with Crippen LogP contribution in [0.2, 0.25) is 0 Å². The van der Waals surface area contributed by atoms with Crippen molar-refractivity contribution in [1.29, 1.82) is 0 Å². The van der Waals surface area contributed by atoms with Gasteiger partial charge >= 0.3 is 0 Å². The number of aromatic nitrogens is 1. The van der Waals surface area contributed by atoms with Gasteiger partial charge in [0.25, 0.3) is 0 Å². The molecule has 4 rings (SSSR count). The van der Waals surface area contributed by atoms with Crippen LogP contribution in [0.3, 0.4) is 0 Å². The SMILES string of the molecule is CC1=CC(C)(C)N(C)c2ccc(C3C(c4ccccn4)NC(=S)N3CCN(C)C)cc21. The van der Waals surface area contributed by atoms with E-state index in [1.807, 2.05) is 18.3 Å². The van der Waals surface area contributed by atoms with Gasteiger partial charge in [0.2, 0.25) is 0 Å². The highest BCUT2D eigenvalue weighted by Crippen LogP contribution is 2.43. The second-order valence-corrected chi connectivity index (χ2v) is 9.83. The van der Waals surface area contributed by atoms with Crippen LogP contribution < -0.4 is 10.2 Å². The molecule has 164 valence electrons. The van der Waals surface area contributed by atoms with E-state index >= 15 is 0 Å². The van der Waals surface area contributed by atoms with Gasteiger partial charge in [0.05, 0.1) is 23.3 Å². The smallest absolute Gasteiger partial charge is 0.170 e. The Labute approximate surface area is 191 Å². The zero-order valence-electron chi connectivity index (χ0n) is 19.4. The minimum atomic E-state index is 0.00329. The summed E-state index contributed by atoms with van der Waals surface area (Å²) >= 11 is 5.79. The molecule has 2 aliphatic heterocycles. The maximum atomic E-state index is 5.79. The average Bonchev–Trinajstić information content (AvgIpc) is 3.07. The third-order valence-corrected chi connectivity index (χ3v) is 6.92. The lowest BCUT2D eigenvalue weighted by molar-refractivity contribution is 0.277. The number of anilines is 1. The molecule has 1 fully saturated rings. The van der Waals surface area contributed by atoms with Crippen LogP contribution in [0.5, 0.6) is 0 Å². The monoisotopic (exact) mass is 435 g/mol. The summed E-state index contributed by atoms with van der Waals surface area (Å²) in [4.78, 5) is 11.5. The first-order chi connectivity index (χ1) is 14.7. The first-order valence-corrected chi connectivity index (χ1v) is 11.3. The van der Waals surface area contributed by atoms with E-state index in [0.717, 1.165) is 23.9 Å². The number of nitrogens with zero attached hydrogens (tertiary/aromatic N) is 4. The third-order valence-electron chi connectivity index (χ3n) is 6.57. The lowest BCUT2D eigenvalue weighted by Crippen LogP contribution is -2.42. The average molecular weight is 436 g/mol. The molecule has 31 heavy (non-hydrogen) atoms. The van der Waals surface area contributed by atoms with Gasteiger partial charge in [-0.05, 0) is 82.5 Å². The predicted molar refractivity (Wildman–Crippen MR) is 133 cm³/mol. The lowest BCUT2D eigenvalue weighted by atomic mass is 9.86. The Morgan fingerprint density at radius 1 is 1.19 bits per heavy atom. The number of allylic oxidation sites excluding steroid dienone is 1. The highest BCUT2D eigenvalue weighted by Gasteiger charge is 2.40. The predicted octanol–water partition coefficient (Wildman–Crippen LogP) is 4.25. The van der Waals surface area contributed by atoms with Gasteiger partial charge in [-0.2, -0.15) is 0 Å². The summed E-state index contributed by atoms with van der Waals surface area (Å²) in [5.74, 6) is 0. The highest BCUT2D eigenvalue weighted by atomic mass is 32.1. The molecule has 0 bridgehead atoms. The Bertz CT molecular complexity index is 998. The minimum absolute atomic E-state index is 0.00329. The molecule has 2 aliphatic rings. The van der Waals surface area contributed by atoms with E-state index in [1.54, 1.807) is 0 Å². The molecule has 6 heteroatoms. The molecule has 3 heterocycles. The Hall–Kier alpha value is -2.44. The summed E-state index contributed by atoms with van der Waals surface area (Å²) in [6, 6.07) is 13.1. The van der Waals surface area contributed by atoms with E-state index in [9.17, 15) is 0 Å². The molecule has 5 nitrogen and oxygen atoms in total. The molecule has 0 radical (unpaired) electrons. The van der Waals surface area contributed by atoms with Crippen molar-refractivity contribution >= 4 is 28.6 Å². The lowest BCUT2D eigenvalue weighted by Gasteiger charge is -2.41.